The number of aryl methyl sites for hydroxylation is 1. The van der Waals surface area contributed by atoms with Gasteiger partial charge < -0.3 is 4.74 Å². The van der Waals surface area contributed by atoms with Gasteiger partial charge in [-0.25, -0.2) is 14.4 Å². The standard InChI is InChI=1S/C13H9BrFN3O/c1-8-2-3-9(6-10(8)15)19-13-12-16-4-5-18(12)7-11(14)17-13/h2-7H,1H3. The first-order chi connectivity index (χ1) is 9.13. The molecule has 0 bridgehead atoms. The molecule has 0 saturated carbocycles. The minimum absolute atomic E-state index is 0.313. The maximum atomic E-state index is 13.5. The van der Waals surface area contributed by atoms with Crippen molar-refractivity contribution in [3.05, 3.63) is 52.8 Å². The lowest BCUT2D eigenvalue weighted by molar-refractivity contribution is 0.458. The van der Waals surface area contributed by atoms with Crippen LogP contribution < -0.4 is 4.74 Å². The zero-order valence-corrected chi connectivity index (χ0v) is 11.6. The highest BCUT2D eigenvalue weighted by atomic mass is 79.9. The summed E-state index contributed by atoms with van der Waals surface area (Å²) in [4.78, 5) is 8.37. The molecule has 0 saturated heterocycles. The predicted octanol–water partition coefficient (Wildman–Crippen LogP) is 3.73. The fourth-order valence-corrected chi connectivity index (χ4v) is 2.07. The van der Waals surface area contributed by atoms with E-state index >= 15 is 0 Å². The summed E-state index contributed by atoms with van der Waals surface area (Å²) in [5.74, 6) is 0.396. The van der Waals surface area contributed by atoms with Gasteiger partial charge in [0.05, 0.1) is 0 Å². The van der Waals surface area contributed by atoms with Gasteiger partial charge in [-0.3, -0.25) is 4.40 Å². The molecule has 6 heteroatoms. The van der Waals surface area contributed by atoms with E-state index in [-0.39, 0.29) is 5.82 Å². The molecule has 0 aliphatic rings. The van der Waals surface area contributed by atoms with Crippen molar-refractivity contribution in [1.29, 1.82) is 0 Å². The monoisotopic (exact) mass is 321 g/mol. The van der Waals surface area contributed by atoms with E-state index in [2.05, 4.69) is 25.9 Å². The Morgan fingerprint density at radius 3 is 3.00 bits per heavy atom. The minimum atomic E-state index is -0.313. The molecule has 0 spiro atoms. The Balaban J connectivity index is 2.04. The van der Waals surface area contributed by atoms with E-state index in [4.69, 9.17) is 4.74 Å². The summed E-state index contributed by atoms with van der Waals surface area (Å²) in [6, 6.07) is 4.68. The zero-order chi connectivity index (χ0) is 13.4. The molecule has 2 aromatic heterocycles. The van der Waals surface area contributed by atoms with E-state index in [9.17, 15) is 4.39 Å². The van der Waals surface area contributed by atoms with Gasteiger partial charge in [0.2, 0.25) is 5.65 Å². The van der Waals surface area contributed by atoms with Crippen LogP contribution in [0.15, 0.2) is 41.4 Å². The first-order valence-corrected chi connectivity index (χ1v) is 6.36. The highest BCUT2D eigenvalue weighted by molar-refractivity contribution is 9.10. The van der Waals surface area contributed by atoms with Crippen LogP contribution in [0.4, 0.5) is 4.39 Å². The number of imidazole rings is 1. The fraction of sp³-hybridized carbons (Fsp3) is 0.0769. The number of hydrogen-bond donors (Lipinski definition) is 0. The minimum Gasteiger partial charge on any atom is -0.436 e. The van der Waals surface area contributed by atoms with Gasteiger partial charge in [-0.1, -0.05) is 6.07 Å². The Labute approximate surface area is 117 Å². The molecule has 3 rings (SSSR count). The van der Waals surface area contributed by atoms with Crippen LogP contribution in [0.25, 0.3) is 5.65 Å². The molecular formula is C13H9BrFN3O. The van der Waals surface area contributed by atoms with Gasteiger partial charge in [0.15, 0.2) is 0 Å². The topological polar surface area (TPSA) is 39.4 Å². The van der Waals surface area contributed by atoms with Crippen molar-refractivity contribution in [3.8, 4) is 11.6 Å². The van der Waals surface area contributed by atoms with E-state index in [0.29, 0.717) is 27.4 Å². The molecule has 0 aliphatic heterocycles. The lowest BCUT2D eigenvalue weighted by Gasteiger charge is -2.07. The number of halogens is 2. The Morgan fingerprint density at radius 1 is 1.37 bits per heavy atom. The third-order valence-electron chi connectivity index (χ3n) is 2.67. The molecule has 0 atom stereocenters. The second-order valence-corrected chi connectivity index (χ2v) is 4.85. The van der Waals surface area contributed by atoms with Gasteiger partial charge >= 0.3 is 0 Å². The maximum absolute atomic E-state index is 13.5. The molecule has 0 unspecified atom stereocenters. The quantitative estimate of drug-likeness (QED) is 0.722. The summed E-state index contributed by atoms with van der Waals surface area (Å²) in [6.07, 6.45) is 5.20. The van der Waals surface area contributed by atoms with E-state index in [1.807, 2.05) is 0 Å². The van der Waals surface area contributed by atoms with Crippen LogP contribution in [0.1, 0.15) is 5.56 Å². The van der Waals surface area contributed by atoms with Gasteiger partial charge in [0.25, 0.3) is 5.88 Å². The van der Waals surface area contributed by atoms with Crippen LogP contribution in [-0.4, -0.2) is 14.4 Å². The zero-order valence-electron chi connectivity index (χ0n) is 9.97. The van der Waals surface area contributed by atoms with Crippen molar-refractivity contribution in [2.24, 2.45) is 0 Å². The number of ether oxygens (including phenoxy) is 1. The van der Waals surface area contributed by atoms with Crippen molar-refractivity contribution in [3.63, 3.8) is 0 Å². The van der Waals surface area contributed by atoms with E-state index in [0.717, 1.165) is 0 Å². The Bertz CT molecular complexity index is 757. The average molecular weight is 322 g/mol. The summed E-state index contributed by atoms with van der Waals surface area (Å²) in [7, 11) is 0. The highest BCUT2D eigenvalue weighted by Gasteiger charge is 2.10. The van der Waals surface area contributed by atoms with Crippen LogP contribution in [0.2, 0.25) is 0 Å². The van der Waals surface area contributed by atoms with Crippen LogP contribution in [0, 0.1) is 12.7 Å². The molecule has 0 fully saturated rings. The second kappa shape index (κ2) is 4.62. The van der Waals surface area contributed by atoms with Crippen LogP contribution >= 0.6 is 15.9 Å². The third kappa shape index (κ3) is 2.31. The van der Waals surface area contributed by atoms with Gasteiger partial charge in [0, 0.05) is 24.7 Å². The Kier molecular flexibility index (Phi) is 2.94. The Morgan fingerprint density at radius 2 is 2.21 bits per heavy atom. The summed E-state index contributed by atoms with van der Waals surface area (Å²) < 4.78 is 21.5. The van der Waals surface area contributed by atoms with Crippen molar-refractivity contribution in [2.45, 2.75) is 6.92 Å². The van der Waals surface area contributed by atoms with Gasteiger partial charge in [-0.15, -0.1) is 0 Å². The molecule has 2 heterocycles. The van der Waals surface area contributed by atoms with E-state index in [1.165, 1.54) is 6.07 Å². The largest absolute Gasteiger partial charge is 0.436 e. The van der Waals surface area contributed by atoms with Crippen molar-refractivity contribution < 1.29 is 9.13 Å². The molecule has 0 amide bonds. The highest BCUT2D eigenvalue weighted by Crippen LogP contribution is 2.26. The molecule has 0 aliphatic carbocycles. The number of hydrogen-bond acceptors (Lipinski definition) is 3. The van der Waals surface area contributed by atoms with Gasteiger partial charge in [-0.05, 0) is 34.5 Å². The predicted molar refractivity (Wildman–Crippen MR) is 71.9 cm³/mol. The maximum Gasteiger partial charge on any atom is 0.264 e. The lowest BCUT2D eigenvalue weighted by Crippen LogP contribution is -1.95. The smallest absolute Gasteiger partial charge is 0.264 e. The normalized spacial score (nSPS) is 10.9. The third-order valence-corrected chi connectivity index (χ3v) is 3.05. The van der Waals surface area contributed by atoms with Crippen LogP contribution in [-0.2, 0) is 0 Å². The van der Waals surface area contributed by atoms with Gasteiger partial charge in [0.1, 0.15) is 16.2 Å². The molecular weight excluding hydrogens is 313 g/mol. The average Bonchev–Trinajstić information content (AvgIpc) is 2.82. The first kappa shape index (κ1) is 12.1. The molecule has 96 valence electrons. The number of rotatable bonds is 2. The summed E-state index contributed by atoms with van der Waals surface area (Å²) in [6.45, 7) is 1.70. The molecule has 1 aromatic carbocycles. The Hall–Kier alpha value is -1.95. The van der Waals surface area contributed by atoms with Crippen LogP contribution in [0.3, 0.4) is 0 Å². The molecule has 0 radical (unpaired) electrons. The summed E-state index contributed by atoms with van der Waals surface area (Å²) in [5, 5.41) is 0. The molecule has 3 aromatic rings. The summed E-state index contributed by atoms with van der Waals surface area (Å²) >= 11 is 3.29. The number of benzene rings is 1. The summed E-state index contributed by atoms with van der Waals surface area (Å²) in [5.41, 5.74) is 1.14. The van der Waals surface area contributed by atoms with E-state index < -0.39 is 0 Å². The SMILES string of the molecule is Cc1ccc(Oc2nc(Br)cn3ccnc23)cc1F. The molecule has 4 nitrogen and oxygen atoms in total. The molecule has 0 N–H and O–H groups in total. The number of nitrogens with zero attached hydrogens (tertiary/aromatic N) is 3. The van der Waals surface area contributed by atoms with Crippen molar-refractivity contribution in [1.82, 2.24) is 14.4 Å². The van der Waals surface area contributed by atoms with Crippen LogP contribution in [0.5, 0.6) is 11.6 Å². The number of fused-ring (bicyclic) bond motifs is 1. The molecule has 19 heavy (non-hydrogen) atoms. The number of aromatic nitrogens is 3. The first-order valence-electron chi connectivity index (χ1n) is 5.57. The second-order valence-electron chi connectivity index (χ2n) is 4.04. The van der Waals surface area contributed by atoms with Crippen molar-refractivity contribution >= 4 is 21.6 Å². The van der Waals surface area contributed by atoms with E-state index in [1.54, 1.807) is 42.0 Å². The lowest BCUT2D eigenvalue weighted by atomic mass is 10.2. The van der Waals surface area contributed by atoms with Gasteiger partial charge in [-0.2, -0.15) is 0 Å². The fourth-order valence-electron chi connectivity index (χ4n) is 1.69. The van der Waals surface area contributed by atoms with Crippen molar-refractivity contribution in [2.75, 3.05) is 0 Å².